The fourth-order valence-electron chi connectivity index (χ4n) is 1.45. The van der Waals surface area contributed by atoms with Crippen LogP contribution in [-0.2, 0) is 6.54 Å². The number of ether oxygens (including phenoxy) is 1. The van der Waals surface area contributed by atoms with Crippen molar-refractivity contribution in [3.63, 3.8) is 0 Å². The molecule has 16 heavy (non-hydrogen) atoms. The average molecular weight is 222 g/mol. The number of aromatic nitrogens is 1. The van der Waals surface area contributed by atoms with Gasteiger partial charge in [0.2, 0.25) is 0 Å². The Labute approximate surface area is 91.8 Å². The zero-order valence-corrected chi connectivity index (χ0v) is 8.74. The van der Waals surface area contributed by atoms with Gasteiger partial charge in [0, 0.05) is 17.7 Å². The molecule has 1 heterocycles. The topological polar surface area (TPSA) is 61.3 Å². The average Bonchev–Trinajstić information content (AvgIpc) is 2.78. The van der Waals surface area contributed by atoms with E-state index >= 15 is 0 Å². The van der Waals surface area contributed by atoms with Crippen molar-refractivity contribution in [3.05, 3.63) is 35.8 Å². The molecule has 0 saturated heterocycles. The summed E-state index contributed by atoms with van der Waals surface area (Å²) in [5.41, 5.74) is 7.63. The molecule has 0 unspecified atom stereocenters. The molecule has 0 saturated carbocycles. The normalized spacial score (nSPS) is 10.4. The molecule has 2 rings (SSSR count). The van der Waals surface area contributed by atoms with Crippen LogP contribution in [0.3, 0.4) is 0 Å². The third kappa shape index (κ3) is 1.77. The van der Waals surface area contributed by atoms with Crippen molar-refractivity contribution in [1.82, 2.24) is 5.16 Å². The molecule has 5 heteroatoms. The largest absolute Gasteiger partial charge is 0.494 e. The van der Waals surface area contributed by atoms with Crippen molar-refractivity contribution in [2.24, 2.45) is 5.73 Å². The SMILES string of the molecule is COc1cc(-c2nocc2CN)ccc1F. The smallest absolute Gasteiger partial charge is 0.165 e. The van der Waals surface area contributed by atoms with Crippen molar-refractivity contribution < 1.29 is 13.7 Å². The molecule has 0 bridgehead atoms. The highest BCUT2D eigenvalue weighted by Crippen LogP contribution is 2.27. The second-order valence-electron chi connectivity index (χ2n) is 3.24. The summed E-state index contributed by atoms with van der Waals surface area (Å²) in [6.45, 7) is 0.318. The molecule has 0 amide bonds. The number of halogens is 1. The highest BCUT2D eigenvalue weighted by molar-refractivity contribution is 5.64. The van der Waals surface area contributed by atoms with Gasteiger partial charge in [0.05, 0.1) is 7.11 Å². The summed E-state index contributed by atoms with van der Waals surface area (Å²) in [4.78, 5) is 0. The highest BCUT2D eigenvalue weighted by Gasteiger charge is 2.11. The molecule has 0 aliphatic heterocycles. The van der Waals surface area contributed by atoms with Crippen LogP contribution in [0, 0.1) is 5.82 Å². The van der Waals surface area contributed by atoms with Gasteiger partial charge in [-0.15, -0.1) is 0 Å². The lowest BCUT2D eigenvalue weighted by molar-refractivity contribution is 0.386. The van der Waals surface area contributed by atoms with Gasteiger partial charge in [-0.25, -0.2) is 4.39 Å². The Morgan fingerprint density at radius 3 is 3.00 bits per heavy atom. The molecule has 0 radical (unpaired) electrons. The van der Waals surface area contributed by atoms with Crippen molar-refractivity contribution in [2.45, 2.75) is 6.54 Å². The van der Waals surface area contributed by atoms with Crippen LogP contribution in [0.2, 0.25) is 0 Å². The number of rotatable bonds is 3. The monoisotopic (exact) mass is 222 g/mol. The number of hydrogen-bond donors (Lipinski definition) is 1. The number of nitrogens with two attached hydrogens (primary N) is 1. The summed E-state index contributed by atoms with van der Waals surface area (Å²) in [7, 11) is 1.41. The Balaban J connectivity index is 2.48. The van der Waals surface area contributed by atoms with Gasteiger partial charge >= 0.3 is 0 Å². The predicted octanol–water partition coefficient (Wildman–Crippen LogP) is 1.95. The summed E-state index contributed by atoms with van der Waals surface area (Å²) in [5.74, 6) is -0.243. The lowest BCUT2D eigenvalue weighted by atomic mass is 10.1. The number of hydrogen-bond acceptors (Lipinski definition) is 4. The predicted molar refractivity (Wildman–Crippen MR) is 56.3 cm³/mol. The van der Waals surface area contributed by atoms with E-state index in [0.29, 0.717) is 17.8 Å². The van der Waals surface area contributed by atoms with E-state index in [1.165, 1.54) is 19.4 Å². The first-order chi connectivity index (χ1) is 7.76. The van der Waals surface area contributed by atoms with Crippen molar-refractivity contribution in [1.29, 1.82) is 0 Å². The zero-order valence-electron chi connectivity index (χ0n) is 8.74. The molecular weight excluding hydrogens is 211 g/mol. The summed E-state index contributed by atoms with van der Waals surface area (Å²) < 4.78 is 22.9. The van der Waals surface area contributed by atoms with Gasteiger partial charge in [0.1, 0.15) is 12.0 Å². The molecule has 1 aromatic heterocycles. The van der Waals surface area contributed by atoms with E-state index in [9.17, 15) is 4.39 Å². The first-order valence-corrected chi connectivity index (χ1v) is 4.73. The summed E-state index contributed by atoms with van der Waals surface area (Å²) in [6, 6.07) is 4.49. The minimum absolute atomic E-state index is 0.170. The minimum Gasteiger partial charge on any atom is -0.494 e. The standard InChI is InChI=1S/C11H11FN2O2/c1-15-10-4-7(2-3-9(10)12)11-8(5-13)6-16-14-11/h2-4,6H,5,13H2,1H3. The maximum Gasteiger partial charge on any atom is 0.165 e. The van der Waals surface area contributed by atoms with E-state index in [1.807, 2.05) is 0 Å². The second kappa shape index (κ2) is 4.32. The van der Waals surface area contributed by atoms with Crippen LogP contribution in [0.15, 0.2) is 29.0 Å². The van der Waals surface area contributed by atoms with E-state index in [2.05, 4.69) is 5.16 Å². The molecule has 84 valence electrons. The number of methoxy groups -OCH3 is 1. The maximum absolute atomic E-state index is 13.2. The van der Waals surface area contributed by atoms with Gasteiger partial charge < -0.3 is 15.0 Å². The Morgan fingerprint density at radius 2 is 2.31 bits per heavy atom. The fraction of sp³-hybridized carbons (Fsp3) is 0.182. The number of nitrogens with zero attached hydrogens (tertiary/aromatic N) is 1. The van der Waals surface area contributed by atoms with Gasteiger partial charge in [0.15, 0.2) is 11.6 Å². The van der Waals surface area contributed by atoms with E-state index < -0.39 is 5.82 Å². The first kappa shape index (κ1) is 10.6. The van der Waals surface area contributed by atoms with Crippen LogP contribution in [0.1, 0.15) is 5.56 Å². The van der Waals surface area contributed by atoms with Crippen LogP contribution in [0.4, 0.5) is 4.39 Å². The molecule has 4 nitrogen and oxygen atoms in total. The molecule has 2 N–H and O–H groups in total. The molecule has 0 atom stereocenters. The van der Waals surface area contributed by atoms with E-state index in [0.717, 1.165) is 5.56 Å². The summed E-state index contributed by atoms with van der Waals surface area (Å²) >= 11 is 0. The maximum atomic E-state index is 13.2. The molecule has 0 aliphatic carbocycles. The molecule has 0 aliphatic rings. The third-order valence-corrected chi connectivity index (χ3v) is 2.29. The molecule has 0 spiro atoms. The van der Waals surface area contributed by atoms with Crippen LogP contribution in [0.5, 0.6) is 5.75 Å². The summed E-state index contributed by atoms with van der Waals surface area (Å²) in [5, 5.41) is 3.83. The third-order valence-electron chi connectivity index (χ3n) is 2.29. The second-order valence-corrected chi connectivity index (χ2v) is 3.24. The number of benzene rings is 1. The van der Waals surface area contributed by atoms with E-state index in [-0.39, 0.29) is 5.75 Å². The Hall–Kier alpha value is -1.88. The van der Waals surface area contributed by atoms with Gasteiger partial charge in [0.25, 0.3) is 0 Å². The van der Waals surface area contributed by atoms with Crippen molar-refractivity contribution in [3.8, 4) is 17.0 Å². The van der Waals surface area contributed by atoms with E-state index in [4.69, 9.17) is 15.0 Å². The van der Waals surface area contributed by atoms with Crippen molar-refractivity contribution in [2.75, 3.05) is 7.11 Å². The van der Waals surface area contributed by atoms with Crippen LogP contribution < -0.4 is 10.5 Å². The lowest BCUT2D eigenvalue weighted by Gasteiger charge is -2.04. The zero-order chi connectivity index (χ0) is 11.5. The molecule has 1 aromatic carbocycles. The van der Waals surface area contributed by atoms with Crippen LogP contribution in [0.25, 0.3) is 11.3 Å². The Morgan fingerprint density at radius 1 is 1.50 bits per heavy atom. The Bertz CT molecular complexity index is 496. The quantitative estimate of drug-likeness (QED) is 0.862. The molecule has 2 aromatic rings. The van der Waals surface area contributed by atoms with Crippen LogP contribution in [-0.4, -0.2) is 12.3 Å². The summed E-state index contributed by atoms with van der Waals surface area (Å²) in [6.07, 6.45) is 1.48. The van der Waals surface area contributed by atoms with Crippen LogP contribution >= 0.6 is 0 Å². The highest BCUT2D eigenvalue weighted by atomic mass is 19.1. The Kier molecular flexibility index (Phi) is 2.87. The fourth-order valence-corrected chi connectivity index (χ4v) is 1.45. The van der Waals surface area contributed by atoms with Gasteiger partial charge in [-0.05, 0) is 18.2 Å². The molecular formula is C11H11FN2O2. The van der Waals surface area contributed by atoms with Gasteiger partial charge in [-0.1, -0.05) is 5.16 Å². The lowest BCUT2D eigenvalue weighted by Crippen LogP contribution is -1.97. The molecule has 0 fully saturated rings. The van der Waals surface area contributed by atoms with Crippen molar-refractivity contribution >= 4 is 0 Å². The van der Waals surface area contributed by atoms with Gasteiger partial charge in [-0.2, -0.15) is 0 Å². The first-order valence-electron chi connectivity index (χ1n) is 4.73. The van der Waals surface area contributed by atoms with Gasteiger partial charge in [-0.3, -0.25) is 0 Å². The van der Waals surface area contributed by atoms with E-state index in [1.54, 1.807) is 12.1 Å². The minimum atomic E-state index is -0.413.